The van der Waals surface area contributed by atoms with Crippen LogP contribution in [0.3, 0.4) is 0 Å². The fraction of sp³-hybridized carbons (Fsp3) is 0.136. The predicted molar refractivity (Wildman–Crippen MR) is 103 cm³/mol. The van der Waals surface area contributed by atoms with Gasteiger partial charge in [-0.05, 0) is 55.8 Å². The van der Waals surface area contributed by atoms with Gasteiger partial charge in [0.05, 0.1) is 7.11 Å². The molecule has 1 N–H and O–H groups in total. The van der Waals surface area contributed by atoms with Gasteiger partial charge in [-0.15, -0.1) is 0 Å². The Balaban J connectivity index is 1.99. The van der Waals surface area contributed by atoms with E-state index in [0.717, 1.165) is 28.3 Å². The van der Waals surface area contributed by atoms with Crippen molar-refractivity contribution in [3.8, 4) is 16.9 Å². The number of rotatable bonds is 5. The van der Waals surface area contributed by atoms with Crippen LogP contribution in [0.1, 0.15) is 22.8 Å². The summed E-state index contributed by atoms with van der Waals surface area (Å²) in [5.74, 6) is 0.824. The molecule has 3 aromatic rings. The lowest BCUT2D eigenvalue weighted by atomic mass is 10.00. The van der Waals surface area contributed by atoms with Crippen molar-refractivity contribution in [3.05, 3.63) is 77.9 Å². The Kier molecular flexibility index (Phi) is 4.85. The SMILES string of the molecule is COc1ccc(Nc2ccc(C)cc2)cc1-c1cccc(C(C)=O)c1. The molecule has 0 aromatic heterocycles. The van der Waals surface area contributed by atoms with E-state index in [1.54, 1.807) is 14.0 Å². The molecule has 0 heterocycles. The first-order valence-corrected chi connectivity index (χ1v) is 8.20. The Morgan fingerprint density at radius 2 is 1.64 bits per heavy atom. The van der Waals surface area contributed by atoms with Gasteiger partial charge in [-0.1, -0.05) is 35.9 Å². The van der Waals surface area contributed by atoms with Gasteiger partial charge in [-0.2, -0.15) is 0 Å². The highest BCUT2D eigenvalue weighted by atomic mass is 16.5. The molecule has 0 atom stereocenters. The van der Waals surface area contributed by atoms with Crippen LogP contribution in [-0.2, 0) is 0 Å². The topological polar surface area (TPSA) is 38.3 Å². The maximum Gasteiger partial charge on any atom is 0.159 e. The van der Waals surface area contributed by atoms with E-state index >= 15 is 0 Å². The summed E-state index contributed by atoms with van der Waals surface area (Å²) in [5.41, 5.74) is 5.81. The van der Waals surface area contributed by atoms with Crippen LogP contribution in [0.25, 0.3) is 11.1 Å². The molecule has 0 aliphatic carbocycles. The number of aryl methyl sites for hydroxylation is 1. The Morgan fingerprint density at radius 1 is 0.920 bits per heavy atom. The Labute approximate surface area is 148 Å². The molecule has 126 valence electrons. The molecule has 0 unspecified atom stereocenters. The largest absolute Gasteiger partial charge is 0.496 e. The van der Waals surface area contributed by atoms with Gasteiger partial charge < -0.3 is 10.1 Å². The third-order valence-corrected chi connectivity index (χ3v) is 4.12. The molecule has 0 bridgehead atoms. The van der Waals surface area contributed by atoms with Crippen molar-refractivity contribution in [1.29, 1.82) is 0 Å². The third-order valence-electron chi connectivity index (χ3n) is 4.12. The van der Waals surface area contributed by atoms with Gasteiger partial charge in [0.25, 0.3) is 0 Å². The minimum atomic E-state index is 0.0507. The zero-order valence-corrected chi connectivity index (χ0v) is 14.7. The molecule has 0 radical (unpaired) electrons. The maximum absolute atomic E-state index is 11.7. The molecule has 0 aliphatic rings. The van der Waals surface area contributed by atoms with Crippen molar-refractivity contribution in [2.75, 3.05) is 12.4 Å². The van der Waals surface area contributed by atoms with Gasteiger partial charge >= 0.3 is 0 Å². The Hall–Kier alpha value is -3.07. The molecular weight excluding hydrogens is 310 g/mol. The van der Waals surface area contributed by atoms with Gasteiger partial charge in [-0.3, -0.25) is 4.79 Å². The average Bonchev–Trinajstić information content (AvgIpc) is 2.63. The molecule has 0 saturated heterocycles. The van der Waals surface area contributed by atoms with Crippen LogP contribution in [0.2, 0.25) is 0 Å². The van der Waals surface area contributed by atoms with Crippen LogP contribution >= 0.6 is 0 Å². The first kappa shape index (κ1) is 16.8. The summed E-state index contributed by atoms with van der Waals surface area (Å²) in [7, 11) is 1.65. The molecule has 0 saturated carbocycles. The minimum Gasteiger partial charge on any atom is -0.496 e. The molecule has 3 nitrogen and oxygen atoms in total. The van der Waals surface area contributed by atoms with Gasteiger partial charge in [0, 0.05) is 22.5 Å². The number of Topliss-reactive ketones (excluding diaryl/α,β-unsaturated/α-hetero) is 1. The highest BCUT2D eigenvalue weighted by molar-refractivity contribution is 5.95. The molecule has 0 amide bonds. The van der Waals surface area contributed by atoms with E-state index in [9.17, 15) is 4.79 Å². The number of benzene rings is 3. The zero-order valence-electron chi connectivity index (χ0n) is 14.7. The number of carbonyl (C=O) groups excluding carboxylic acids is 1. The predicted octanol–water partition coefficient (Wildman–Crippen LogP) is 5.62. The van der Waals surface area contributed by atoms with Crippen molar-refractivity contribution >= 4 is 17.2 Å². The molecule has 25 heavy (non-hydrogen) atoms. The summed E-state index contributed by atoms with van der Waals surface area (Å²) in [5, 5.41) is 3.41. The van der Waals surface area contributed by atoms with Crippen LogP contribution < -0.4 is 10.1 Å². The number of ketones is 1. The number of hydrogen-bond donors (Lipinski definition) is 1. The second kappa shape index (κ2) is 7.22. The van der Waals surface area contributed by atoms with Gasteiger partial charge in [-0.25, -0.2) is 0 Å². The maximum atomic E-state index is 11.7. The summed E-state index contributed by atoms with van der Waals surface area (Å²) in [6.45, 7) is 3.64. The summed E-state index contributed by atoms with van der Waals surface area (Å²) in [4.78, 5) is 11.7. The van der Waals surface area contributed by atoms with E-state index in [-0.39, 0.29) is 5.78 Å². The van der Waals surface area contributed by atoms with E-state index < -0.39 is 0 Å². The second-order valence-electron chi connectivity index (χ2n) is 6.04. The molecule has 0 aliphatic heterocycles. The quantitative estimate of drug-likeness (QED) is 0.617. The fourth-order valence-electron chi connectivity index (χ4n) is 2.72. The van der Waals surface area contributed by atoms with E-state index in [0.29, 0.717) is 5.56 Å². The van der Waals surface area contributed by atoms with E-state index in [1.165, 1.54) is 5.56 Å². The summed E-state index contributed by atoms with van der Waals surface area (Å²) < 4.78 is 5.51. The number of methoxy groups -OCH3 is 1. The van der Waals surface area contributed by atoms with Gasteiger partial charge in [0.1, 0.15) is 5.75 Å². The lowest BCUT2D eigenvalue weighted by Crippen LogP contribution is -1.95. The lowest BCUT2D eigenvalue weighted by molar-refractivity contribution is 0.101. The minimum absolute atomic E-state index is 0.0507. The molecule has 3 aromatic carbocycles. The van der Waals surface area contributed by atoms with Crippen LogP contribution in [0.15, 0.2) is 66.7 Å². The van der Waals surface area contributed by atoms with Crippen molar-refractivity contribution in [3.63, 3.8) is 0 Å². The zero-order chi connectivity index (χ0) is 17.8. The van der Waals surface area contributed by atoms with Crippen molar-refractivity contribution in [2.45, 2.75) is 13.8 Å². The van der Waals surface area contributed by atoms with Gasteiger partial charge in [0.15, 0.2) is 5.78 Å². The molecule has 3 rings (SSSR count). The van der Waals surface area contributed by atoms with Crippen LogP contribution in [0, 0.1) is 6.92 Å². The number of carbonyl (C=O) groups is 1. The summed E-state index contributed by atoms with van der Waals surface area (Å²) in [6.07, 6.45) is 0. The highest BCUT2D eigenvalue weighted by Gasteiger charge is 2.09. The number of nitrogens with one attached hydrogen (secondary N) is 1. The standard InChI is InChI=1S/C22H21NO2/c1-15-7-9-19(10-8-15)23-20-11-12-22(25-3)21(14-20)18-6-4-5-17(13-18)16(2)24/h4-14,23H,1-3H3. The molecule has 0 fully saturated rings. The van der Waals surface area contributed by atoms with E-state index in [1.807, 2.05) is 42.5 Å². The summed E-state index contributed by atoms with van der Waals surface area (Å²) in [6, 6.07) is 21.8. The smallest absolute Gasteiger partial charge is 0.159 e. The monoisotopic (exact) mass is 331 g/mol. The Bertz CT molecular complexity index is 898. The number of hydrogen-bond acceptors (Lipinski definition) is 3. The fourth-order valence-corrected chi connectivity index (χ4v) is 2.72. The van der Waals surface area contributed by atoms with Crippen LogP contribution in [0.4, 0.5) is 11.4 Å². The Morgan fingerprint density at radius 3 is 2.32 bits per heavy atom. The third kappa shape index (κ3) is 3.89. The molecular formula is C22H21NO2. The second-order valence-corrected chi connectivity index (χ2v) is 6.04. The molecule has 3 heteroatoms. The summed E-state index contributed by atoms with van der Waals surface area (Å²) >= 11 is 0. The van der Waals surface area contributed by atoms with Crippen LogP contribution in [0.5, 0.6) is 5.75 Å². The van der Waals surface area contributed by atoms with E-state index in [4.69, 9.17) is 4.74 Å². The lowest BCUT2D eigenvalue weighted by Gasteiger charge is -2.13. The van der Waals surface area contributed by atoms with Crippen LogP contribution in [-0.4, -0.2) is 12.9 Å². The number of ether oxygens (including phenoxy) is 1. The van der Waals surface area contributed by atoms with Crippen molar-refractivity contribution < 1.29 is 9.53 Å². The first-order chi connectivity index (χ1) is 12.1. The normalized spacial score (nSPS) is 10.4. The molecule has 0 spiro atoms. The average molecular weight is 331 g/mol. The van der Waals surface area contributed by atoms with Crippen molar-refractivity contribution in [2.24, 2.45) is 0 Å². The highest BCUT2D eigenvalue weighted by Crippen LogP contribution is 2.34. The van der Waals surface area contributed by atoms with Gasteiger partial charge in [0.2, 0.25) is 0 Å². The first-order valence-electron chi connectivity index (χ1n) is 8.20. The number of anilines is 2. The van der Waals surface area contributed by atoms with Crippen molar-refractivity contribution in [1.82, 2.24) is 0 Å². The van der Waals surface area contributed by atoms with E-state index in [2.05, 4.69) is 36.5 Å².